The van der Waals surface area contributed by atoms with Crippen LogP contribution in [-0.4, -0.2) is 19.8 Å². The lowest BCUT2D eigenvalue weighted by molar-refractivity contribution is 0.185. The molecule has 1 aliphatic rings. The van der Waals surface area contributed by atoms with Crippen LogP contribution >= 0.6 is 10.9 Å². The Kier molecular flexibility index (Phi) is 5.90. The summed E-state index contributed by atoms with van der Waals surface area (Å²) in [7, 11) is -2.06. The molecule has 3 nitrogen and oxygen atoms in total. The molecule has 0 unspecified atom stereocenters. The minimum Gasteiger partial charge on any atom is -0.289 e. The van der Waals surface area contributed by atoms with Gasteiger partial charge in [0.2, 0.25) is 0 Å². The molecule has 0 heterocycles. The Morgan fingerprint density at radius 3 is 1.75 bits per heavy atom. The van der Waals surface area contributed by atoms with Gasteiger partial charge < -0.3 is 0 Å². The van der Waals surface area contributed by atoms with Gasteiger partial charge in [-0.25, -0.2) is 0 Å². The predicted molar refractivity (Wildman–Crippen MR) is 83.8 cm³/mol. The van der Waals surface area contributed by atoms with E-state index in [1.807, 2.05) is 20.8 Å². The quantitative estimate of drug-likeness (QED) is 0.678. The van der Waals surface area contributed by atoms with Gasteiger partial charge in [0.1, 0.15) is 10.9 Å². The first-order valence-corrected chi connectivity index (χ1v) is 9.03. The van der Waals surface area contributed by atoms with Crippen molar-refractivity contribution in [3.8, 4) is 0 Å². The third-order valence-corrected chi connectivity index (χ3v) is 6.05. The van der Waals surface area contributed by atoms with E-state index in [1.165, 1.54) is 24.8 Å². The summed E-state index contributed by atoms with van der Waals surface area (Å²) in [5, 5.41) is 0. The van der Waals surface area contributed by atoms with Gasteiger partial charge in [-0.2, -0.15) is 0 Å². The van der Waals surface area contributed by atoms with Gasteiger partial charge in [-0.3, -0.25) is 12.5 Å². The second-order valence-electron chi connectivity index (χ2n) is 4.87. The van der Waals surface area contributed by atoms with Gasteiger partial charge in [0.15, 0.2) is 0 Å². The van der Waals surface area contributed by atoms with E-state index in [1.54, 1.807) is 0 Å². The molecule has 2 rings (SSSR count). The van der Waals surface area contributed by atoms with Crippen molar-refractivity contribution in [2.45, 2.75) is 50.8 Å². The number of hydrogen-bond donors (Lipinski definition) is 0. The van der Waals surface area contributed by atoms with E-state index in [2.05, 4.69) is 24.3 Å². The molecular weight excluding hydrogens is 272 g/mol. The summed E-state index contributed by atoms with van der Waals surface area (Å²) < 4.78 is 17.6. The summed E-state index contributed by atoms with van der Waals surface area (Å²) in [5.74, 6) is 0.750. The largest absolute Gasteiger partial charge is 0.289 e. The molecule has 0 saturated heterocycles. The summed E-state index contributed by atoms with van der Waals surface area (Å²) >= 11 is 0. The van der Waals surface area contributed by atoms with Crippen LogP contribution in [0.25, 0.3) is 0 Å². The molecule has 0 bridgehead atoms. The molecule has 0 aromatic heterocycles. The highest BCUT2D eigenvalue weighted by Crippen LogP contribution is 2.58. The molecule has 0 radical (unpaired) electrons. The number of rotatable bonds is 8. The van der Waals surface area contributed by atoms with E-state index in [9.17, 15) is 0 Å². The molecule has 0 amide bonds. The Bertz CT molecular complexity index is 384. The third-order valence-electron chi connectivity index (χ3n) is 3.56. The van der Waals surface area contributed by atoms with Crippen molar-refractivity contribution in [3.63, 3.8) is 0 Å². The van der Waals surface area contributed by atoms with Crippen molar-refractivity contribution >= 4 is 10.9 Å². The van der Waals surface area contributed by atoms with Crippen molar-refractivity contribution in [1.29, 1.82) is 0 Å². The van der Waals surface area contributed by atoms with Crippen LogP contribution in [0.2, 0.25) is 0 Å². The molecule has 1 aromatic rings. The summed E-state index contributed by atoms with van der Waals surface area (Å²) in [6.07, 6.45) is 4.00. The van der Waals surface area contributed by atoms with Crippen molar-refractivity contribution in [3.05, 3.63) is 29.8 Å². The maximum atomic E-state index is 5.88. The number of benzene rings is 1. The van der Waals surface area contributed by atoms with E-state index in [-0.39, 0.29) is 0 Å². The normalized spacial score (nSPS) is 16.9. The Morgan fingerprint density at radius 2 is 1.40 bits per heavy atom. The molecule has 1 aliphatic carbocycles. The fourth-order valence-electron chi connectivity index (χ4n) is 2.42. The van der Waals surface area contributed by atoms with Crippen molar-refractivity contribution in [1.82, 2.24) is 0 Å². The van der Waals surface area contributed by atoms with E-state index >= 15 is 0 Å². The summed E-state index contributed by atoms with van der Waals surface area (Å²) in [4.78, 5) is 1.02. The molecule has 0 aliphatic heterocycles. The van der Waals surface area contributed by atoms with E-state index in [4.69, 9.17) is 12.5 Å². The lowest BCUT2D eigenvalue weighted by atomic mass is 9.80. The van der Waals surface area contributed by atoms with Gasteiger partial charge in [0, 0.05) is 0 Å². The van der Waals surface area contributed by atoms with Gasteiger partial charge in [0.25, 0.3) is 0 Å². The standard InChI is InChI=1S/C16H26O3S/c1-4-17-20(18-5-2,19-6-3)16-12-10-15(11-13-16)14-8-7-9-14/h10-14H,4-9H2,1-3H3. The summed E-state index contributed by atoms with van der Waals surface area (Å²) in [5.41, 5.74) is 1.43. The molecule has 1 aromatic carbocycles. The van der Waals surface area contributed by atoms with Crippen LogP contribution in [0.1, 0.15) is 51.5 Å². The van der Waals surface area contributed by atoms with Gasteiger partial charge >= 0.3 is 0 Å². The molecule has 20 heavy (non-hydrogen) atoms. The zero-order chi connectivity index (χ0) is 14.4. The zero-order valence-corrected chi connectivity index (χ0v) is 13.6. The Hall–Kier alpha value is -0.550. The van der Waals surface area contributed by atoms with Crippen molar-refractivity contribution in [2.24, 2.45) is 0 Å². The Balaban J connectivity index is 2.21. The summed E-state index contributed by atoms with van der Waals surface area (Å²) in [6, 6.07) is 8.64. The first-order chi connectivity index (χ1) is 9.75. The SMILES string of the molecule is CCOS(OCC)(OCC)c1ccc(C2CCC2)cc1. The fraction of sp³-hybridized carbons (Fsp3) is 0.625. The zero-order valence-electron chi connectivity index (χ0n) is 12.8. The maximum absolute atomic E-state index is 5.88. The highest BCUT2D eigenvalue weighted by Gasteiger charge is 2.29. The van der Waals surface area contributed by atoms with Crippen LogP contribution in [0.4, 0.5) is 0 Å². The predicted octanol–water partition coefficient (Wildman–Crippen LogP) is 4.97. The molecule has 0 N–H and O–H groups in total. The van der Waals surface area contributed by atoms with Crippen LogP contribution in [0.3, 0.4) is 0 Å². The van der Waals surface area contributed by atoms with Crippen LogP contribution in [-0.2, 0) is 12.5 Å². The van der Waals surface area contributed by atoms with E-state index in [0.29, 0.717) is 19.8 Å². The molecule has 1 fully saturated rings. The average molecular weight is 298 g/mol. The Labute approximate surface area is 124 Å². The van der Waals surface area contributed by atoms with Gasteiger partial charge in [-0.15, -0.1) is 0 Å². The summed E-state index contributed by atoms with van der Waals surface area (Å²) in [6.45, 7) is 7.67. The lowest BCUT2D eigenvalue weighted by Crippen LogP contribution is -2.14. The van der Waals surface area contributed by atoms with Crippen LogP contribution in [0.15, 0.2) is 29.2 Å². The van der Waals surface area contributed by atoms with Crippen molar-refractivity contribution in [2.75, 3.05) is 19.8 Å². The fourth-order valence-corrected chi connectivity index (χ4v) is 4.43. The monoisotopic (exact) mass is 298 g/mol. The molecule has 0 spiro atoms. The second kappa shape index (κ2) is 7.46. The van der Waals surface area contributed by atoms with Gasteiger partial charge in [0.05, 0.1) is 24.7 Å². The first kappa shape index (κ1) is 15.8. The second-order valence-corrected chi connectivity index (χ2v) is 6.96. The Morgan fingerprint density at radius 1 is 0.900 bits per heavy atom. The van der Waals surface area contributed by atoms with Gasteiger partial charge in [-0.05, 0) is 57.2 Å². The van der Waals surface area contributed by atoms with E-state index < -0.39 is 10.9 Å². The highest BCUT2D eigenvalue weighted by atomic mass is 32.3. The topological polar surface area (TPSA) is 27.7 Å². The molecule has 4 heteroatoms. The van der Waals surface area contributed by atoms with Gasteiger partial charge in [-0.1, -0.05) is 18.6 Å². The van der Waals surface area contributed by atoms with Crippen LogP contribution < -0.4 is 0 Å². The van der Waals surface area contributed by atoms with Crippen molar-refractivity contribution < 1.29 is 12.5 Å². The van der Waals surface area contributed by atoms with Crippen LogP contribution in [0, 0.1) is 0 Å². The average Bonchev–Trinajstić information content (AvgIpc) is 2.38. The minimum absolute atomic E-state index is 0.583. The molecule has 1 saturated carbocycles. The maximum Gasteiger partial charge on any atom is 0.120 e. The number of hydrogen-bond acceptors (Lipinski definition) is 3. The van der Waals surface area contributed by atoms with Crippen LogP contribution in [0.5, 0.6) is 0 Å². The smallest absolute Gasteiger partial charge is 0.120 e. The molecule has 0 atom stereocenters. The third kappa shape index (κ3) is 3.37. The molecular formula is C16H26O3S. The minimum atomic E-state index is -2.06. The van der Waals surface area contributed by atoms with E-state index in [0.717, 1.165) is 10.8 Å². The first-order valence-electron chi connectivity index (χ1n) is 7.62. The lowest BCUT2D eigenvalue weighted by Gasteiger charge is -2.37. The molecule has 114 valence electrons. The highest BCUT2D eigenvalue weighted by molar-refractivity contribution is 8.21.